The summed E-state index contributed by atoms with van der Waals surface area (Å²) in [5.41, 5.74) is 6.65. The lowest BCUT2D eigenvalue weighted by Gasteiger charge is -2.14. The van der Waals surface area contributed by atoms with Crippen LogP contribution in [0.1, 0.15) is 12.5 Å². The first kappa shape index (κ1) is 19.1. The van der Waals surface area contributed by atoms with E-state index in [9.17, 15) is 0 Å². The number of phosphoric acid groups is 1. The van der Waals surface area contributed by atoms with Crippen molar-refractivity contribution in [2.75, 3.05) is 0 Å². The molecule has 3 aromatic carbocycles. The fourth-order valence-corrected chi connectivity index (χ4v) is 2.70. The molecule has 3 aromatic rings. The van der Waals surface area contributed by atoms with E-state index in [0.717, 1.165) is 6.42 Å². The minimum atomic E-state index is -4.64. The van der Waals surface area contributed by atoms with Gasteiger partial charge in [0.1, 0.15) is 0 Å². The van der Waals surface area contributed by atoms with E-state index in [1.165, 1.54) is 27.8 Å². The second-order valence-electron chi connectivity index (χ2n) is 5.44. The van der Waals surface area contributed by atoms with Crippen molar-refractivity contribution in [1.82, 2.24) is 0 Å². The largest absolute Gasteiger partial charge is 0.466 e. The first-order valence-corrected chi connectivity index (χ1v) is 9.47. The van der Waals surface area contributed by atoms with Crippen LogP contribution in [0.5, 0.6) is 0 Å². The molecule has 0 aliphatic carbocycles. The molecule has 0 saturated carbocycles. The quantitative estimate of drug-likeness (QED) is 0.597. The minimum Gasteiger partial charge on any atom is -0.303 e. The molecule has 0 fully saturated rings. The molecule has 0 heterocycles. The maximum atomic E-state index is 8.88. The molecule has 0 aromatic heterocycles. The number of hydrogen-bond donors (Lipinski definition) is 3. The highest BCUT2D eigenvalue weighted by Crippen LogP contribution is 2.35. The van der Waals surface area contributed by atoms with Crippen molar-refractivity contribution in [2.24, 2.45) is 0 Å². The molecule has 0 saturated heterocycles. The Morgan fingerprint density at radius 1 is 0.720 bits per heavy atom. The Balaban J connectivity index is 0.000000399. The van der Waals surface area contributed by atoms with E-state index in [1.54, 1.807) is 0 Å². The maximum Gasteiger partial charge on any atom is 0.466 e. The molecule has 0 aliphatic heterocycles. The Morgan fingerprint density at radius 3 is 1.68 bits per heavy atom. The van der Waals surface area contributed by atoms with Gasteiger partial charge in [-0.05, 0) is 34.2 Å². The summed E-state index contributed by atoms with van der Waals surface area (Å²) in [6, 6.07) is 27.9. The molecule has 0 amide bonds. The molecule has 3 N–H and O–H groups in total. The molecule has 130 valence electrons. The average Bonchev–Trinajstić information content (AvgIpc) is 2.61. The molecule has 25 heavy (non-hydrogen) atoms. The molecule has 0 bridgehead atoms. The van der Waals surface area contributed by atoms with E-state index in [1.807, 2.05) is 0 Å². The normalized spacial score (nSPS) is 10.7. The topological polar surface area (TPSA) is 77.8 Å². The Morgan fingerprint density at radius 2 is 1.20 bits per heavy atom. The lowest BCUT2D eigenvalue weighted by Crippen LogP contribution is -1.91. The highest BCUT2D eigenvalue weighted by molar-refractivity contribution is 7.45. The van der Waals surface area contributed by atoms with Crippen molar-refractivity contribution in [3.05, 3.63) is 84.4 Å². The molecule has 0 atom stereocenters. The Labute approximate surface area is 147 Å². The zero-order valence-corrected chi connectivity index (χ0v) is 14.8. The van der Waals surface area contributed by atoms with E-state index in [4.69, 9.17) is 19.2 Å². The summed E-state index contributed by atoms with van der Waals surface area (Å²) in [4.78, 5) is 21.6. The number of aryl methyl sites for hydroxylation is 1. The lowest BCUT2D eigenvalue weighted by atomic mass is 9.90. The predicted molar refractivity (Wildman–Crippen MR) is 101 cm³/mol. The van der Waals surface area contributed by atoms with E-state index in [-0.39, 0.29) is 0 Å². The summed E-state index contributed by atoms with van der Waals surface area (Å²) in [6.45, 7) is 2.22. The molecular weight excluding hydrogens is 335 g/mol. The second kappa shape index (κ2) is 8.75. The van der Waals surface area contributed by atoms with Crippen LogP contribution in [-0.2, 0) is 11.0 Å². The summed E-state index contributed by atoms with van der Waals surface area (Å²) in [6.07, 6.45) is 1.05. The summed E-state index contributed by atoms with van der Waals surface area (Å²) in [5.74, 6) is 0. The monoisotopic (exact) mass is 356 g/mol. The number of hydrogen-bond acceptors (Lipinski definition) is 1. The maximum absolute atomic E-state index is 8.88. The van der Waals surface area contributed by atoms with E-state index >= 15 is 0 Å². The highest BCUT2D eigenvalue weighted by Gasteiger charge is 2.10. The van der Waals surface area contributed by atoms with Gasteiger partial charge >= 0.3 is 7.82 Å². The van der Waals surface area contributed by atoms with Crippen LogP contribution in [0.2, 0.25) is 0 Å². The molecule has 0 radical (unpaired) electrons. The van der Waals surface area contributed by atoms with Gasteiger partial charge in [0, 0.05) is 0 Å². The molecule has 0 aliphatic rings. The minimum absolute atomic E-state index is 1.05. The molecule has 0 unspecified atom stereocenters. The average molecular weight is 356 g/mol. The first-order chi connectivity index (χ1) is 11.9. The third-order valence-corrected chi connectivity index (χ3v) is 3.68. The first-order valence-electron chi connectivity index (χ1n) is 7.91. The lowest BCUT2D eigenvalue weighted by molar-refractivity contribution is 0.275. The summed E-state index contributed by atoms with van der Waals surface area (Å²) in [7, 11) is -4.64. The van der Waals surface area contributed by atoms with Crippen molar-refractivity contribution in [1.29, 1.82) is 0 Å². The van der Waals surface area contributed by atoms with Crippen LogP contribution in [0.3, 0.4) is 0 Å². The van der Waals surface area contributed by atoms with E-state index in [0.29, 0.717) is 0 Å². The van der Waals surface area contributed by atoms with E-state index < -0.39 is 7.82 Å². The smallest absolute Gasteiger partial charge is 0.303 e. The summed E-state index contributed by atoms with van der Waals surface area (Å²) < 4.78 is 8.88. The molecular formula is C20H21O4P. The van der Waals surface area contributed by atoms with Gasteiger partial charge in [0.15, 0.2) is 0 Å². The Kier molecular flexibility index (Phi) is 6.68. The van der Waals surface area contributed by atoms with E-state index in [2.05, 4.69) is 85.8 Å². The van der Waals surface area contributed by atoms with Gasteiger partial charge in [-0.2, -0.15) is 0 Å². The molecule has 0 spiro atoms. The number of rotatable bonds is 3. The fraction of sp³-hybridized carbons (Fsp3) is 0.100. The van der Waals surface area contributed by atoms with Gasteiger partial charge in [-0.25, -0.2) is 4.57 Å². The van der Waals surface area contributed by atoms with Crippen LogP contribution in [0, 0.1) is 0 Å². The van der Waals surface area contributed by atoms with Gasteiger partial charge in [-0.15, -0.1) is 0 Å². The number of benzene rings is 3. The molecule has 5 heteroatoms. The van der Waals surface area contributed by atoms with Crippen LogP contribution in [0.4, 0.5) is 0 Å². The summed E-state index contributed by atoms with van der Waals surface area (Å²) in [5, 5.41) is 0. The predicted octanol–water partition coefficient (Wildman–Crippen LogP) is 4.65. The Hall–Kier alpha value is -2.23. The van der Waals surface area contributed by atoms with Gasteiger partial charge < -0.3 is 14.7 Å². The van der Waals surface area contributed by atoms with Crippen molar-refractivity contribution in [2.45, 2.75) is 13.3 Å². The van der Waals surface area contributed by atoms with Crippen molar-refractivity contribution >= 4 is 7.82 Å². The van der Waals surface area contributed by atoms with Gasteiger partial charge in [-0.1, -0.05) is 85.8 Å². The third-order valence-electron chi connectivity index (χ3n) is 3.68. The zero-order valence-electron chi connectivity index (χ0n) is 13.9. The van der Waals surface area contributed by atoms with Crippen molar-refractivity contribution in [3.63, 3.8) is 0 Å². The second-order valence-corrected chi connectivity index (χ2v) is 6.47. The van der Waals surface area contributed by atoms with Crippen molar-refractivity contribution < 1.29 is 19.2 Å². The van der Waals surface area contributed by atoms with Gasteiger partial charge in [0.25, 0.3) is 0 Å². The van der Waals surface area contributed by atoms with Crippen LogP contribution in [0.25, 0.3) is 22.3 Å². The molecule has 4 nitrogen and oxygen atoms in total. The van der Waals surface area contributed by atoms with Gasteiger partial charge in [0.2, 0.25) is 0 Å². The highest BCUT2D eigenvalue weighted by atomic mass is 31.2. The molecule has 3 rings (SSSR count). The van der Waals surface area contributed by atoms with Crippen LogP contribution in [0.15, 0.2) is 78.9 Å². The van der Waals surface area contributed by atoms with Crippen LogP contribution < -0.4 is 0 Å². The van der Waals surface area contributed by atoms with Gasteiger partial charge in [-0.3, -0.25) is 0 Å². The van der Waals surface area contributed by atoms with Crippen LogP contribution in [-0.4, -0.2) is 14.7 Å². The zero-order chi connectivity index (χ0) is 18.3. The SMILES string of the molecule is CCc1cccc(-c2ccccc2)c1-c1ccccc1.O=P(O)(O)O. The Bertz CT molecular complexity index is 834. The third kappa shape index (κ3) is 5.96. The summed E-state index contributed by atoms with van der Waals surface area (Å²) >= 11 is 0. The van der Waals surface area contributed by atoms with Gasteiger partial charge in [0.05, 0.1) is 0 Å². The van der Waals surface area contributed by atoms with Crippen molar-refractivity contribution in [3.8, 4) is 22.3 Å². The fourth-order valence-electron chi connectivity index (χ4n) is 2.70. The van der Waals surface area contributed by atoms with Crippen LogP contribution >= 0.6 is 7.82 Å². The standard InChI is InChI=1S/C20H18.H3O4P/c1-2-16-14-9-15-19(17-10-5-3-6-11-17)20(16)18-12-7-4-8-13-18;1-5(2,3)4/h3-15H,2H2,1H3;(H3,1,2,3,4).